The molecule has 0 radical (unpaired) electrons. The second kappa shape index (κ2) is 6.84. The number of carbonyl (C=O) groups excluding carboxylic acids is 1. The number of nitrogens with zero attached hydrogens (tertiary/aromatic N) is 3. The van der Waals surface area contributed by atoms with Crippen LogP contribution in [0.2, 0.25) is 0 Å². The van der Waals surface area contributed by atoms with Gasteiger partial charge in [0.15, 0.2) is 5.78 Å². The number of hydrogen-bond donors (Lipinski definition) is 1. The zero-order valence-corrected chi connectivity index (χ0v) is 14.3. The lowest BCUT2D eigenvalue weighted by molar-refractivity contribution is 0.0840. The first kappa shape index (κ1) is 15.5. The van der Waals surface area contributed by atoms with E-state index >= 15 is 0 Å². The maximum atomic E-state index is 12.2. The normalized spacial score (nSPS) is 16.7. The summed E-state index contributed by atoms with van der Waals surface area (Å²) in [6.45, 7) is 5.21. The quantitative estimate of drug-likeness (QED) is 0.726. The molecule has 24 heavy (non-hydrogen) atoms. The fourth-order valence-electron chi connectivity index (χ4n) is 3.08. The molecular formula is C18H20N4OS. The van der Waals surface area contributed by atoms with Gasteiger partial charge >= 0.3 is 0 Å². The van der Waals surface area contributed by atoms with E-state index in [2.05, 4.69) is 33.0 Å². The average molecular weight is 340 g/mol. The molecule has 6 heteroatoms. The summed E-state index contributed by atoms with van der Waals surface area (Å²) in [6, 6.07) is 12.0. The number of H-pyrrole nitrogens is 1. The minimum Gasteiger partial charge on any atom is -0.359 e. The molecule has 0 saturated carbocycles. The van der Waals surface area contributed by atoms with Gasteiger partial charge in [-0.1, -0.05) is 12.1 Å². The number of rotatable bonds is 5. The van der Waals surface area contributed by atoms with Crippen LogP contribution < -0.4 is 0 Å². The Labute approximate surface area is 144 Å². The minimum atomic E-state index is 0.166. The molecule has 0 amide bonds. The summed E-state index contributed by atoms with van der Waals surface area (Å²) >= 11 is 1.78. The second-order valence-electron chi connectivity index (χ2n) is 6.13. The van der Waals surface area contributed by atoms with E-state index in [1.165, 1.54) is 9.71 Å². The molecule has 0 aliphatic carbocycles. The molecule has 124 valence electrons. The van der Waals surface area contributed by atoms with Gasteiger partial charge < -0.3 is 4.98 Å². The maximum Gasteiger partial charge on any atom is 0.192 e. The largest absolute Gasteiger partial charge is 0.359 e. The van der Waals surface area contributed by atoms with Gasteiger partial charge in [-0.05, 0) is 24.3 Å². The van der Waals surface area contributed by atoms with Crippen molar-refractivity contribution in [2.75, 3.05) is 32.7 Å². The molecule has 1 aliphatic heterocycles. The van der Waals surface area contributed by atoms with Gasteiger partial charge in [-0.15, -0.1) is 11.3 Å². The predicted octanol–water partition coefficient (Wildman–Crippen LogP) is 2.62. The van der Waals surface area contributed by atoms with Gasteiger partial charge in [0, 0.05) is 32.4 Å². The van der Waals surface area contributed by atoms with Crippen molar-refractivity contribution in [3.05, 3.63) is 53.3 Å². The zero-order chi connectivity index (χ0) is 16.4. The Bertz CT molecular complexity index is 786. The molecule has 3 aromatic rings. The van der Waals surface area contributed by atoms with Gasteiger partial charge in [-0.25, -0.2) is 4.98 Å². The van der Waals surface area contributed by atoms with Crippen LogP contribution in [0.25, 0.3) is 10.2 Å². The molecule has 1 aromatic carbocycles. The standard InChI is InChI=1S/C18H20N4OS/c23-16(14-5-3-7-19-14)12-21-8-10-22(11-9-21)13-18-20-15-4-1-2-6-17(15)24-18/h1-7,19H,8-13H2. The zero-order valence-electron chi connectivity index (χ0n) is 13.4. The van der Waals surface area contributed by atoms with Crippen LogP contribution in [-0.4, -0.2) is 58.3 Å². The molecule has 1 aliphatic rings. The van der Waals surface area contributed by atoms with E-state index in [4.69, 9.17) is 4.98 Å². The van der Waals surface area contributed by atoms with Crippen LogP contribution in [0.4, 0.5) is 0 Å². The van der Waals surface area contributed by atoms with E-state index < -0.39 is 0 Å². The lowest BCUT2D eigenvalue weighted by Gasteiger charge is -2.33. The Morgan fingerprint density at radius 1 is 1.08 bits per heavy atom. The number of carbonyl (C=O) groups is 1. The first-order valence-corrected chi connectivity index (χ1v) is 9.05. The highest BCUT2D eigenvalue weighted by Gasteiger charge is 2.20. The molecule has 0 bridgehead atoms. The third-order valence-corrected chi connectivity index (χ3v) is 5.45. The van der Waals surface area contributed by atoms with Crippen LogP contribution in [0.3, 0.4) is 0 Å². The van der Waals surface area contributed by atoms with Crippen LogP contribution in [0.15, 0.2) is 42.6 Å². The van der Waals surface area contributed by atoms with E-state index in [-0.39, 0.29) is 5.78 Å². The summed E-state index contributed by atoms with van der Waals surface area (Å²) < 4.78 is 1.25. The number of para-hydroxylation sites is 1. The first-order chi connectivity index (χ1) is 11.8. The Balaban J connectivity index is 1.30. The van der Waals surface area contributed by atoms with Crippen molar-refractivity contribution < 1.29 is 4.79 Å². The van der Waals surface area contributed by atoms with E-state index in [9.17, 15) is 4.79 Å². The van der Waals surface area contributed by atoms with Crippen molar-refractivity contribution in [2.45, 2.75) is 6.54 Å². The highest BCUT2D eigenvalue weighted by atomic mass is 32.1. The molecule has 1 saturated heterocycles. The third-order valence-electron chi connectivity index (χ3n) is 4.43. The summed E-state index contributed by atoms with van der Waals surface area (Å²) in [7, 11) is 0. The van der Waals surface area contributed by atoms with E-state index in [1.54, 1.807) is 17.5 Å². The van der Waals surface area contributed by atoms with Crippen LogP contribution in [0.1, 0.15) is 15.5 Å². The predicted molar refractivity (Wildman–Crippen MR) is 96.5 cm³/mol. The SMILES string of the molecule is O=C(CN1CCN(Cc2nc3ccccc3s2)CC1)c1ccc[nH]1. The number of aromatic amines is 1. The minimum absolute atomic E-state index is 0.166. The van der Waals surface area contributed by atoms with Crippen LogP contribution in [-0.2, 0) is 6.54 Å². The van der Waals surface area contributed by atoms with Crippen molar-refractivity contribution in [3.63, 3.8) is 0 Å². The van der Waals surface area contributed by atoms with Crippen LogP contribution in [0.5, 0.6) is 0 Å². The fourth-order valence-corrected chi connectivity index (χ4v) is 4.09. The number of thiazole rings is 1. The van der Waals surface area contributed by atoms with Crippen LogP contribution in [0, 0.1) is 0 Å². The van der Waals surface area contributed by atoms with E-state index in [0.717, 1.165) is 38.2 Å². The Morgan fingerprint density at radius 3 is 2.62 bits per heavy atom. The van der Waals surface area contributed by atoms with Crippen molar-refractivity contribution >= 4 is 27.3 Å². The molecule has 0 unspecified atom stereocenters. The van der Waals surface area contributed by atoms with Gasteiger partial charge in [0.25, 0.3) is 0 Å². The number of benzene rings is 1. The summed E-state index contributed by atoms with van der Waals surface area (Å²) in [6.07, 6.45) is 1.79. The Kier molecular flexibility index (Phi) is 4.42. The Hall–Kier alpha value is -2.02. The highest BCUT2D eigenvalue weighted by Crippen LogP contribution is 2.23. The van der Waals surface area contributed by atoms with Gasteiger partial charge in [0.1, 0.15) is 5.01 Å². The lowest BCUT2D eigenvalue weighted by atomic mass is 10.2. The van der Waals surface area contributed by atoms with Crippen molar-refractivity contribution in [1.82, 2.24) is 19.8 Å². The third kappa shape index (κ3) is 3.40. The van der Waals surface area contributed by atoms with Gasteiger partial charge in [-0.3, -0.25) is 14.6 Å². The van der Waals surface area contributed by atoms with Crippen LogP contribution >= 0.6 is 11.3 Å². The molecule has 1 fully saturated rings. The monoisotopic (exact) mass is 340 g/mol. The van der Waals surface area contributed by atoms with Crippen molar-refractivity contribution in [3.8, 4) is 0 Å². The molecule has 1 N–H and O–H groups in total. The molecule has 0 atom stereocenters. The number of ketones is 1. The number of aromatic nitrogens is 2. The smallest absolute Gasteiger partial charge is 0.192 e. The fraction of sp³-hybridized carbons (Fsp3) is 0.333. The lowest BCUT2D eigenvalue weighted by Crippen LogP contribution is -2.47. The maximum absolute atomic E-state index is 12.2. The van der Waals surface area contributed by atoms with E-state index in [0.29, 0.717) is 12.2 Å². The molecule has 4 rings (SSSR count). The molecular weight excluding hydrogens is 320 g/mol. The topological polar surface area (TPSA) is 52.2 Å². The molecule has 3 heterocycles. The summed E-state index contributed by atoms with van der Waals surface area (Å²) in [5.41, 5.74) is 1.79. The van der Waals surface area contributed by atoms with Gasteiger partial charge in [0.05, 0.1) is 29.0 Å². The Morgan fingerprint density at radius 2 is 1.88 bits per heavy atom. The van der Waals surface area contributed by atoms with Crippen molar-refractivity contribution in [2.24, 2.45) is 0 Å². The molecule has 0 spiro atoms. The number of piperazine rings is 1. The number of Topliss-reactive ketones (excluding diaryl/α,β-unsaturated/α-hetero) is 1. The first-order valence-electron chi connectivity index (χ1n) is 8.24. The number of nitrogens with one attached hydrogen (secondary N) is 1. The summed E-state index contributed by atoms with van der Waals surface area (Å²) in [5, 5.41) is 1.17. The second-order valence-corrected chi connectivity index (χ2v) is 7.25. The average Bonchev–Trinajstić information content (AvgIpc) is 3.25. The number of hydrogen-bond acceptors (Lipinski definition) is 5. The van der Waals surface area contributed by atoms with Crippen molar-refractivity contribution in [1.29, 1.82) is 0 Å². The number of fused-ring (bicyclic) bond motifs is 1. The summed E-state index contributed by atoms with van der Waals surface area (Å²) in [5.74, 6) is 0.166. The summed E-state index contributed by atoms with van der Waals surface area (Å²) in [4.78, 5) is 24.5. The van der Waals surface area contributed by atoms with E-state index in [1.807, 2.05) is 18.2 Å². The molecule has 5 nitrogen and oxygen atoms in total. The highest BCUT2D eigenvalue weighted by molar-refractivity contribution is 7.18. The molecule has 2 aromatic heterocycles. The van der Waals surface area contributed by atoms with Gasteiger partial charge in [0.2, 0.25) is 0 Å². The van der Waals surface area contributed by atoms with Gasteiger partial charge in [-0.2, -0.15) is 0 Å².